The molecule has 2 aromatic heterocycles. The van der Waals surface area contributed by atoms with Crippen LogP contribution in [0.3, 0.4) is 0 Å². The molecule has 1 N–H and O–H groups in total. The summed E-state index contributed by atoms with van der Waals surface area (Å²) in [7, 11) is 0. The number of anilines is 1. The summed E-state index contributed by atoms with van der Waals surface area (Å²) in [6.07, 6.45) is -4.43. The first-order chi connectivity index (χ1) is 16.6. The molecule has 0 spiro atoms. The number of nitrogens with one attached hydrogen (secondary N) is 1. The normalized spacial score (nSPS) is 17.1. The Labute approximate surface area is 199 Å². The number of alkyl halides is 3. The molecular weight excluding hydrogens is 463 g/mol. The Kier molecular flexibility index (Phi) is 5.78. The van der Waals surface area contributed by atoms with Crippen molar-refractivity contribution in [2.45, 2.75) is 46.1 Å². The zero-order valence-corrected chi connectivity index (χ0v) is 19.7. The molecule has 186 valence electrons. The maximum Gasteiger partial charge on any atom is 0.416 e. The second kappa shape index (κ2) is 8.67. The number of rotatable bonds is 3. The summed E-state index contributed by atoms with van der Waals surface area (Å²) in [5.74, 6) is 1.51. The van der Waals surface area contributed by atoms with Crippen LogP contribution in [0, 0.1) is 13.8 Å². The van der Waals surface area contributed by atoms with Gasteiger partial charge in [-0.3, -0.25) is 4.40 Å². The number of nitrogens with zero attached hydrogens (tertiary/aromatic N) is 6. The lowest BCUT2D eigenvalue weighted by Crippen LogP contribution is -2.46. The molecule has 1 aromatic carbocycles. The summed E-state index contributed by atoms with van der Waals surface area (Å²) in [4.78, 5) is 21.3. The highest BCUT2D eigenvalue weighted by atomic mass is 19.4. The predicted octanol–water partition coefficient (Wildman–Crippen LogP) is 3.70. The first kappa shape index (κ1) is 23.3. The van der Waals surface area contributed by atoms with Crippen LogP contribution in [-0.2, 0) is 24.0 Å². The number of ether oxygens (including phenoxy) is 1. The smallest absolute Gasteiger partial charge is 0.378 e. The van der Waals surface area contributed by atoms with Gasteiger partial charge in [-0.25, -0.2) is 4.79 Å². The molecule has 2 amide bonds. The zero-order chi connectivity index (χ0) is 24.9. The summed E-state index contributed by atoms with van der Waals surface area (Å²) in [5, 5.41) is 11.6. The van der Waals surface area contributed by atoms with Crippen molar-refractivity contribution in [2.24, 2.45) is 0 Å². The molecule has 1 saturated heterocycles. The number of aryl methyl sites for hydroxylation is 1. The van der Waals surface area contributed by atoms with Crippen LogP contribution in [0.2, 0.25) is 0 Å². The van der Waals surface area contributed by atoms with Crippen LogP contribution in [0.5, 0.6) is 0 Å². The number of fused-ring (bicyclic) bond motifs is 3. The van der Waals surface area contributed by atoms with Gasteiger partial charge >= 0.3 is 12.2 Å². The van der Waals surface area contributed by atoms with Crippen molar-refractivity contribution in [1.82, 2.24) is 29.4 Å². The summed E-state index contributed by atoms with van der Waals surface area (Å²) in [6, 6.07) is 3.62. The highest BCUT2D eigenvalue weighted by Gasteiger charge is 2.35. The van der Waals surface area contributed by atoms with Crippen molar-refractivity contribution < 1.29 is 22.7 Å². The van der Waals surface area contributed by atoms with E-state index in [1.54, 1.807) is 22.8 Å². The number of amides is 2. The second-order valence-corrected chi connectivity index (χ2v) is 8.89. The van der Waals surface area contributed by atoms with Crippen molar-refractivity contribution >= 4 is 17.6 Å². The number of halogens is 3. The number of aromatic nitrogens is 4. The van der Waals surface area contributed by atoms with Gasteiger partial charge in [0.05, 0.1) is 43.6 Å². The van der Waals surface area contributed by atoms with Gasteiger partial charge in [-0.05, 0) is 38.0 Å². The third-order valence-electron chi connectivity index (χ3n) is 6.67. The number of hydrogen-bond donors (Lipinski definition) is 1. The van der Waals surface area contributed by atoms with E-state index in [2.05, 4.69) is 20.5 Å². The van der Waals surface area contributed by atoms with Crippen molar-refractivity contribution in [2.75, 3.05) is 31.6 Å². The van der Waals surface area contributed by atoms with Gasteiger partial charge in [-0.2, -0.15) is 18.2 Å². The Morgan fingerprint density at radius 3 is 2.57 bits per heavy atom. The predicted molar refractivity (Wildman–Crippen MR) is 121 cm³/mol. The maximum absolute atomic E-state index is 13.4. The van der Waals surface area contributed by atoms with Crippen molar-refractivity contribution in [3.05, 3.63) is 52.0 Å². The number of carbonyl (C=O) groups is 1. The third-order valence-corrected chi connectivity index (χ3v) is 6.67. The molecule has 0 radical (unpaired) electrons. The van der Waals surface area contributed by atoms with E-state index in [1.807, 2.05) is 11.3 Å². The van der Waals surface area contributed by atoms with Crippen LogP contribution in [0.15, 0.2) is 18.2 Å². The quantitative estimate of drug-likeness (QED) is 0.604. The summed E-state index contributed by atoms with van der Waals surface area (Å²) in [5.41, 5.74) is 1.67. The molecule has 0 bridgehead atoms. The molecule has 0 saturated carbocycles. The van der Waals surface area contributed by atoms with Crippen LogP contribution < -0.4 is 5.32 Å². The molecule has 0 aliphatic carbocycles. The van der Waals surface area contributed by atoms with Gasteiger partial charge in [-0.15, -0.1) is 10.2 Å². The number of urea groups is 1. The fraction of sp³-hybridized carbons (Fsp3) is 0.478. The average Bonchev–Trinajstić information content (AvgIpc) is 3.42. The first-order valence-corrected chi connectivity index (χ1v) is 11.4. The molecule has 5 rings (SSSR count). The molecule has 12 heteroatoms. The standard InChI is InChI=1S/C23H26F3N7O2/c1-13-16(5-4-6-18(13)23(24,25)26)14(2)27-20-17-11-32(22(34)31-7-9-35-10-8-31)12-19(17)33-15(3)29-30-21(33)28-20/h4-6,14H,7-12H2,1-3H3,(H,27,28,30). The minimum Gasteiger partial charge on any atom is -0.378 e. The summed E-state index contributed by atoms with van der Waals surface area (Å²) < 4.78 is 47.5. The Bertz CT molecular complexity index is 1280. The van der Waals surface area contributed by atoms with E-state index in [0.29, 0.717) is 62.4 Å². The lowest BCUT2D eigenvalue weighted by atomic mass is 9.97. The van der Waals surface area contributed by atoms with Crippen LogP contribution in [0.1, 0.15) is 46.7 Å². The van der Waals surface area contributed by atoms with Gasteiger partial charge in [0.15, 0.2) is 0 Å². The van der Waals surface area contributed by atoms with E-state index < -0.39 is 17.8 Å². The SMILES string of the molecule is Cc1c(C(C)Nc2nc3nnc(C)n3c3c2CN(C(=O)N2CCOCC2)C3)cccc1C(F)(F)F. The van der Waals surface area contributed by atoms with Crippen LogP contribution in [0.4, 0.5) is 23.8 Å². The minimum atomic E-state index is -4.43. The van der Waals surface area contributed by atoms with Gasteiger partial charge in [0, 0.05) is 18.7 Å². The average molecular weight is 490 g/mol. The fourth-order valence-electron chi connectivity index (χ4n) is 4.86. The van der Waals surface area contributed by atoms with Crippen molar-refractivity contribution in [3.8, 4) is 0 Å². The van der Waals surface area contributed by atoms with Gasteiger partial charge in [0.1, 0.15) is 11.6 Å². The highest BCUT2D eigenvalue weighted by molar-refractivity contribution is 5.76. The third kappa shape index (κ3) is 4.15. The number of hydrogen-bond acceptors (Lipinski definition) is 6. The molecule has 1 fully saturated rings. The minimum absolute atomic E-state index is 0.0869. The van der Waals surface area contributed by atoms with E-state index in [4.69, 9.17) is 4.74 Å². The lowest BCUT2D eigenvalue weighted by Gasteiger charge is -2.30. The van der Waals surface area contributed by atoms with Gasteiger partial charge < -0.3 is 19.9 Å². The monoisotopic (exact) mass is 489 g/mol. The van der Waals surface area contributed by atoms with E-state index >= 15 is 0 Å². The molecule has 2 aliphatic heterocycles. The molecule has 1 atom stereocenters. The largest absolute Gasteiger partial charge is 0.416 e. The van der Waals surface area contributed by atoms with E-state index in [1.165, 1.54) is 13.0 Å². The van der Waals surface area contributed by atoms with Crippen LogP contribution >= 0.6 is 0 Å². The summed E-state index contributed by atoms with van der Waals surface area (Å²) in [6.45, 7) is 7.83. The van der Waals surface area contributed by atoms with Gasteiger partial charge in [-0.1, -0.05) is 12.1 Å². The Balaban J connectivity index is 1.49. The lowest BCUT2D eigenvalue weighted by molar-refractivity contribution is -0.138. The summed E-state index contributed by atoms with van der Waals surface area (Å²) >= 11 is 0. The molecular formula is C23H26F3N7O2. The van der Waals surface area contributed by atoms with Crippen molar-refractivity contribution in [3.63, 3.8) is 0 Å². The number of morpholine rings is 1. The second-order valence-electron chi connectivity index (χ2n) is 8.89. The number of benzene rings is 1. The topological polar surface area (TPSA) is 87.9 Å². The Morgan fingerprint density at radius 1 is 1.11 bits per heavy atom. The molecule has 3 aromatic rings. The molecule has 2 aliphatic rings. The Hall–Kier alpha value is -3.41. The fourth-order valence-corrected chi connectivity index (χ4v) is 4.86. The van der Waals surface area contributed by atoms with Crippen molar-refractivity contribution in [1.29, 1.82) is 0 Å². The van der Waals surface area contributed by atoms with E-state index in [0.717, 1.165) is 17.3 Å². The van der Waals surface area contributed by atoms with E-state index in [-0.39, 0.29) is 11.6 Å². The van der Waals surface area contributed by atoms with Gasteiger partial charge in [0.25, 0.3) is 5.78 Å². The number of carbonyl (C=O) groups excluding carboxylic acids is 1. The molecule has 4 heterocycles. The zero-order valence-electron chi connectivity index (χ0n) is 19.7. The highest BCUT2D eigenvalue weighted by Crippen LogP contribution is 2.36. The van der Waals surface area contributed by atoms with Crippen LogP contribution in [-0.4, -0.2) is 61.7 Å². The maximum atomic E-state index is 13.4. The van der Waals surface area contributed by atoms with E-state index in [9.17, 15) is 18.0 Å². The Morgan fingerprint density at radius 2 is 1.86 bits per heavy atom. The molecule has 9 nitrogen and oxygen atoms in total. The van der Waals surface area contributed by atoms with Crippen LogP contribution in [0.25, 0.3) is 5.78 Å². The van der Waals surface area contributed by atoms with Gasteiger partial charge in [0.2, 0.25) is 0 Å². The molecule has 35 heavy (non-hydrogen) atoms. The molecule has 1 unspecified atom stereocenters. The first-order valence-electron chi connectivity index (χ1n) is 11.4.